The third kappa shape index (κ3) is 2.89. The van der Waals surface area contributed by atoms with E-state index in [-0.39, 0.29) is 0 Å². The molecule has 3 rings (SSSR count). The van der Waals surface area contributed by atoms with Crippen molar-refractivity contribution in [3.05, 3.63) is 35.0 Å². The van der Waals surface area contributed by atoms with Gasteiger partial charge in [-0.1, -0.05) is 12.1 Å². The highest BCUT2D eigenvalue weighted by molar-refractivity contribution is 5.85. The topological polar surface area (TPSA) is 28.3 Å². The molecule has 1 saturated heterocycles. The van der Waals surface area contributed by atoms with Gasteiger partial charge in [-0.25, -0.2) is 0 Å². The number of fused-ring (bicyclic) bond motifs is 1. The van der Waals surface area contributed by atoms with Gasteiger partial charge in [-0.05, 0) is 50.4 Å². The molecular weight excluding hydrogens is 248 g/mol. The smallest absolute Gasteiger partial charge is 0.0594 e. The van der Waals surface area contributed by atoms with Crippen LogP contribution >= 0.6 is 0 Å². The van der Waals surface area contributed by atoms with E-state index in [9.17, 15) is 0 Å². The Hall–Kier alpha value is -1.32. The molecule has 0 atom stereocenters. The largest absolute Gasteiger partial charge is 0.379 e. The van der Waals surface area contributed by atoms with Crippen molar-refractivity contribution in [2.75, 3.05) is 32.8 Å². The molecule has 0 aliphatic carbocycles. The quantitative estimate of drug-likeness (QED) is 0.926. The number of ether oxygens (including phenoxy) is 1. The third-order valence-corrected chi connectivity index (χ3v) is 4.28. The summed E-state index contributed by atoms with van der Waals surface area (Å²) in [6, 6.07) is 6.72. The number of aromatic nitrogens is 1. The number of aromatic amines is 1. The van der Waals surface area contributed by atoms with E-state index in [4.69, 9.17) is 4.74 Å². The van der Waals surface area contributed by atoms with Gasteiger partial charge in [-0.2, -0.15) is 0 Å². The van der Waals surface area contributed by atoms with Crippen molar-refractivity contribution in [1.82, 2.24) is 9.88 Å². The highest BCUT2D eigenvalue weighted by Crippen LogP contribution is 2.24. The van der Waals surface area contributed by atoms with Crippen LogP contribution in [0.3, 0.4) is 0 Å². The zero-order valence-electron chi connectivity index (χ0n) is 12.5. The van der Waals surface area contributed by atoms with Gasteiger partial charge in [0.1, 0.15) is 0 Å². The van der Waals surface area contributed by atoms with Crippen LogP contribution in [0.2, 0.25) is 0 Å². The molecule has 0 spiro atoms. The van der Waals surface area contributed by atoms with Crippen molar-refractivity contribution >= 4 is 10.9 Å². The lowest BCUT2D eigenvalue weighted by Gasteiger charge is -2.26. The molecule has 108 valence electrons. The normalized spacial score (nSPS) is 16.9. The highest BCUT2D eigenvalue weighted by atomic mass is 16.5. The molecule has 1 aliphatic heterocycles. The van der Waals surface area contributed by atoms with Crippen LogP contribution in [0.15, 0.2) is 18.2 Å². The minimum atomic E-state index is 0.894. The number of morpholine rings is 1. The summed E-state index contributed by atoms with van der Waals surface area (Å²) in [5, 5.41) is 1.40. The number of aryl methyl sites for hydroxylation is 3. The first-order valence-corrected chi connectivity index (χ1v) is 7.62. The van der Waals surface area contributed by atoms with Crippen LogP contribution in [-0.2, 0) is 11.2 Å². The van der Waals surface area contributed by atoms with E-state index in [1.54, 1.807) is 0 Å². The SMILES string of the molecule is Cc1ccc2c(CCCN3CCOCC3)c(C)[nH]c2c1. The first-order valence-electron chi connectivity index (χ1n) is 7.62. The molecule has 1 aliphatic rings. The maximum atomic E-state index is 5.39. The van der Waals surface area contributed by atoms with E-state index in [2.05, 4.69) is 41.9 Å². The van der Waals surface area contributed by atoms with Gasteiger partial charge < -0.3 is 9.72 Å². The second-order valence-corrected chi connectivity index (χ2v) is 5.84. The van der Waals surface area contributed by atoms with E-state index >= 15 is 0 Å². The lowest BCUT2D eigenvalue weighted by Crippen LogP contribution is -2.36. The second kappa shape index (κ2) is 5.98. The van der Waals surface area contributed by atoms with Crippen molar-refractivity contribution in [2.45, 2.75) is 26.7 Å². The number of hydrogen-bond acceptors (Lipinski definition) is 2. The van der Waals surface area contributed by atoms with Crippen LogP contribution < -0.4 is 0 Å². The summed E-state index contributed by atoms with van der Waals surface area (Å²) < 4.78 is 5.39. The van der Waals surface area contributed by atoms with E-state index < -0.39 is 0 Å². The number of nitrogens with one attached hydrogen (secondary N) is 1. The van der Waals surface area contributed by atoms with Crippen LogP contribution in [0, 0.1) is 13.8 Å². The molecule has 20 heavy (non-hydrogen) atoms. The minimum absolute atomic E-state index is 0.894. The van der Waals surface area contributed by atoms with Crippen molar-refractivity contribution < 1.29 is 4.74 Å². The summed E-state index contributed by atoms with van der Waals surface area (Å²) in [4.78, 5) is 6.03. The zero-order valence-corrected chi connectivity index (χ0v) is 12.5. The number of hydrogen-bond donors (Lipinski definition) is 1. The molecule has 0 saturated carbocycles. The molecule has 2 heterocycles. The van der Waals surface area contributed by atoms with Crippen LogP contribution in [-0.4, -0.2) is 42.7 Å². The maximum absolute atomic E-state index is 5.39. The van der Waals surface area contributed by atoms with E-state index in [1.165, 1.54) is 40.7 Å². The van der Waals surface area contributed by atoms with Crippen molar-refractivity contribution in [1.29, 1.82) is 0 Å². The predicted molar refractivity (Wildman–Crippen MR) is 83.4 cm³/mol. The minimum Gasteiger partial charge on any atom is -0.379 e. The molecule has 3 heteroatoms. The third-order valence-electron chi connectivity index (χ3n) is 4.28. The Labute approximate surface area is 120 Å². The van der Waals surface area contributed by atoms with Gasteiger partial charge in [0.2, 0.25) is 0 Å². The van der Waals surface area contributed by atoms with Gasteiger partial charge in [0.05, 0.1) is 13.2 Å². The predicted octanol–water partition coefficient (Wildman–Crippen LogP) is 3.05. The van der Waals surface area contributed by atoms with Gasteiger partial charge in [-0.15, -0.1) is 0 Å². The number of rotatable bonds is 4. The molecular formula is C17H24N2O. The van der Waals surface area contributed by atoms with Gasteiger partial charge in [0.15, 0.2) is 0 Å². The molecule has 0 radical (unpaired) electrons. The fourth-order valence-electron chi connectivity index (χ4n) is 3.13. The summed E-state index contributed by atoms with van der Waals surface area (Å²) >= 11 is 0. The van der Waals surface area contributed by atoms with Crippen molar-refractivity contribution in [3.63, 3.8) is 0 Å². The van der Waals surface area contributed by atoms with Gasteiger partial charge in [0, 0.05) is 29.7 Å². The van der Waals surface area contributed by atoms with Crippen LogP contribution in [0.4, 0.5) is 0 Å². The van der Waals surface area contributed by atoms with Gasteiger partial charge in [0.25, 0.3) is 0 Å². The Balaban J connectivity index is 1.66. The molecule has 1 N–H and O–H groups in total. The fraction of sp³-hybridized carbons (Fsp3) is 0.529. The van der Waals surface area contributed by atoms with Gasteiger partial charge in [-0.3, -0.25) is 4.90 Å². The number of benzene rings is 1. The first-order chi connectivity index (χ1) is 9.74. The standard InChI is InChI=1S/C17H24N2O/c1-13-5-6-16-15(14(2)18-17(16)12-13)4-3-7-19-8-10-20-11-9-19/h5-6,12,18H,3-4,7-11H2,1-2H3. The highest BCUT2D eigenvalue weighted by Gasteiger charge is 2.12. The molecule has 1 aromatic carbocycles. The Bertz CT molecular complexity index is 582. The van der Waals surface area contributed by atoms with Crippen molar-refractivity contribution in [3.8, 4) is 0 Å². The monoisotopic (exact) mass is 272 g/mol. The average Bonchev–Trinajstić information content (AvgIpc) is 2.75. The molecule has 1 fully saturated rings. The Morgan fingerprint density at radius 1 is 1.20 bits per heavy atom. The summed E-state index contributed by atoms with van der Waals surface area (Å²) in [5.41, 5.74) is 5.42. The van der Waals surface area contributed by atoms with Crippen molar-refractivity contribution in [2.24, 2.45) is 0 Å². The lowest BCUT2D eigenvalue weighted by molar-refractivity contribution is 0.0375. The fourth-order valence-corrected chi connectivity index (χ4v) is 3.13. The van der Waals surface area contributed by atoms with Crippen LogP contribution in [0.5, 0.6) is 0 Å². The van der Waals surface area contributed by atoms with E-state index in [0.29, 0.717) is 0 Å². The first kappa shape index (κ1) is 13.7. The lowest BCUT2D eigenvalue weighted by atomic mass is 10.0. The Morgan fingerprint density at radius 2 is 2.00 bits per heavy atom. The van der Waals surface area contributed by atoms with E-state index in [1.807, 2.05) is 0 Å². The van der Waals surface area contributed by atoms with Crippen LogP contribution in [0.1, 0.15) is 23.2 Å². The average molecular weight is 272 g/mol. The summed E-state index contributed by atoms with van der Waals surface area (Å²) in [6.07, 6.45) is 2.38. The Kier molecular flexibility index (Phi) is 4.08. The summed E-state index contributed by atoms with van der Waals surface area (Å²) in [7, 11) is 0. The molecule has 1 aromatic heterocycles. The van der Waals surface area contributed by atoms with Crippen LogP contribution in [0.25, 0.3) is 10.9 Å². The summed E-state index contributed by atoms with van der Waals surface area (Å²) in [5.74, 6) is 0. The molecule has 0 bridgehead atoms. The summed E-state index contributed by atoms with van der Waals surface area (Å²) in [6.45, 7) is 9.49. The maximum Gasteiger partial charge on any atom is 0.0594 e. The molecule has 0 amide bonds. The number of nitrogens with zero attached hydrogens (tertiary/aromatic N) is 1. The zero-order chi connectivity index (χ0) is 13.9. The Morgan fingerprint density at radius 3 is 2.80 bits per heavy atom. The molecule has 2 aromatic rings. The molecule has 0 unspecified atom stereocenters. The number of H-pyrrole nitrogens is 1. The van der Waals surface area contributed by atoms with E-state index in [0.717, 1.165) is 32.7 Å². The molecule has 3 nitrogen and oxygen atoms in total. The van der Waals surface area contributed by atoms with Gasteiger partial charge >= 0.3 is 0 Å². The second-order valence-electron chi connectivity index (χ2n) is 5.84.